The monoisotopic (exact) mass is 442 g/mol. The fourth-order valence-corrected chi connectivity index (χ4v) is 41.0. The van der Waals surface area contributed by atoms with E-state index in [0.717, 1.165) is 0 Å². The number of hydrogen-bond donors (Lipinski definition) is 0. The van der Waals surface area contributed by atoms with E-state index in [9.17, 15) is 0 Å². The van der Waals surface area contributed by atoms with E-state index in [4.69, 9.17) is 0 Å². The van der Waals surface area contributed by atoms with Crippen molar-refractivity contribution in [2.75, 3.05) is 0 Å². The summed E-state index contributed by atoms with van der Waals surface area (Å²) in [6.07, 6.45) is 0. The van der Waals surface area contributed by atoms with E-state index in [1.165, 1.54) is 0 Å². The van der Waals surface area contributed by atoms with E-state index in [2.05, 4.69) is 41.5 Å². The summed E-state index contributed by atoms with van der Waals surface area (Å²) in [5, 5.41) is 0. The fraction of sp³-hybridized carbons (Fsp3) is 1.00. The van der Waals surface area contributed by atoms with Crippen molar-refractivity contribution in [2.45, 2.75) is 77.0 Å². The van der Waals surface area contributed by atoms with Crippen LogP contribution in [0.2, 0.25) is 35.5 Å². The van der Waals surface area contributed by atoms with Gasteiger partial charge in [0, 0.05) is 0 Å². The van der Waals surface area contributed by atoms with E-state index in [1.807, 2.05) is 0 Å². The molecule has 0 amide bonds. The van der Waals surface area contributed by atoms with Crippen LogP contribution in [0.1, 0.15) is 41.5 Å². The Morgan fingerprint density at radius 2 is 0.625 bits per heavy atom. The predicted octanol–water partition coefficient (Wildman–Crippen LogP) is 6.00. The molecule has 0 radical (unpaired) electrons. The Hall–Kier alpha value is 1.60. The third-order valence-electron chi connectivity index (χ3n) is 5.69. The predicted molar refractivity (Wildman–Crippen MR) is 84.0 cm³/mol. The molecule has 0 rings (SSSR count). The first kappa shape index (κ1) is 17.6. The molecule has 0 aromatic carbocycles. The first-order chi connectivity index (χ1) is 7.57. The van der Waals surface area contributed by atoms with Gasteiger partial charge in [-0.3, -0.25) is 0 Å². The van der Waals surface area contributed by atoms with Gasteiger partial charge in [0.05, 0.1) is 0 Å². The molecule has 98 valence electrons. The minimum absolute atomic E-state index is 1.59. The molecule has 0 aromatic rings. The van der Waals surface area contributed by atoms with Gasteiger partial charge in [-0.15, -0.1) is 0 Å². The van der Waals surface area contributed by atoms with Crippen molar-refractivity contribution < 1.29 is 0 Å². The van der Waals surface area contributed by atoms with Crippen molar-refractivity contribution >= 4 is 36.8 Å². The molecule has 0 saturated carbocycles. The molecule has 2 heteroatoms. The van der Waals surface area contributed by atoms with E-state index in [-0.39, 0.29) is 0 Å². The number of hydrogen-bond acceptors (Lipinski definition) is 0. The molecule has 0 N–H and O–H groups in total. The topological polar surface area (TPSA) is 0 Å². The molecular weight excluding hydrogens is 406 g/mol. The molecule has 0 spiro atoms. The van der Waals surface area contributed by atoms with Gasteiger partial charge in [0.1, 0.15) is 0 Å². The van der Waals surface area contributed by atoms with Crippen molar-refractivity contribution in [3.8, 4) is 0 Å². The summed E-state index contributed by atoms with van der Waals surface area (Å²) in [6, 6.07) is 0. The zero-order valence-corrected chi connectivity index (χ0v) is 18.4. The van der Waals surface area contributed by atoms with Crippen LogP contribution < -0.4 is 0 Å². The Morgan fingerprint density at radius 1 is 0.438 bits per heavy atom. The normalized spacial score (nSPS) is 13.1. The molecule has 0 heterocycles. The maximum absolute atomic E-state index is 2.49. The summed E-state index contributed by atoms with van der Waals surface area (Å²) >= 11 is -3.19. The van der Waals surface area contributed by atoms with Crippen LogP contribution in [0.5, 0.6) is 0 Å². The Bertz CT molecular complexity index is 133. The zero-order valence-electron chi connectivity index (χ0n) is 12.7. The third-order valence-corrected chi connectivity index (χ3v) is 42.9. The molecular formula is C14H34Sn2. The van der Waals surface area contributed by atoms with Crippen molar-refractivity contribution in [3.63, 3.8) is 0 Å². The number of rotatable bonds is 9. The second-order valence-corrected chi connectivity index (χ2v) is 37.7. The van der Waals surface area contributed by atoms with Crippen molar-refractivity contribution in [3.05, 3.63) is 0 Å². The molecule has 0 aromatic heterocycles. The Labute approximate surface area is 113 Å². The molecule has 0 aliphatic heterocycles. The molecule has 0 saturated heterocycles. The Kier molecular flexibility index (Phi) is 9.52. The molecule has 0 aliphatic carbocycles. The summed E-state index contributed by atoms with van der Waals surface area (Å²) < 4.78 is 13.1. The van der Waals surface area contributed by atoms with Crippen molar-refractivity contribution in [1.82, 2.24) is 0 Å². The molecule has 0 unspecified atom stereocenters. The summed E-state index contributed by atoms with van der Waals surface area (Å²) in [7, 11) is 0. The standard InChI is InChI=1S/6C2H5.C2H4.2Sn/c7*1-2;;/h6*1H2,2H3;1-2H2;;. The van der Waals surface area contributed by atoms with Crippen LogP contribution in [0.4, 0.5) is 0 Å². The zero-order chi connectivity index (χ0) is 12.7. The summed E-state index contributed by atoms with van der Waals surface area (Å²) in [4.78, 5) is 0. The second kappa shape index (κ2) is 8.66. The van der Waals surface area contributed by atoms with Gasteiger partial charge < -0.3 is 0 Å². The third kappa shape index (κ3) is 4.70. The fourth-order valence-electron chi connectivity index (χ4n) is 3.09. The summed E-state index contributed by atoms with van der Waals surface area (Å²) in [5.41, 5.74) is 0. The van der Waals surface area contributed by atoms with Gasteiger partial charge in [-0.1, -0.05) is 0 Å². The van der Waals surface area contributed by atoms with Gasteiger partial charge >= 0.3 is 114 Å². The van der Waals surface area contributed by atoms with Crippen LogP contribution >= 0.6 is 0 Å². The average molecular weight is 440 g/mol. The maximum atomic E-state index is 2.49. The molecule has 0 aliphatic rings. The van der Waals surface area contributed by atoms with Gasteiger partial charge in [-0.2, -0.15) is 0 Å². The van der Waals surface area contributed by atoms with E-state index in [1.54, 1.807) is 35.5 Å². The molecule has 0 fully saturated rings. The summed E-state index contributed by atoms with van der Waals surface area (Å²) in [6.45, 7) is 14.9. The van der Waals surface area contributed by atoms with E-state index in [0.29, 0.717) is 0 Å². The van der Waals surface area contributed by atoms with Crippen LogP contribution in [0.25, 0.3) is 0 Å². The van der Waals surface area contributed by atoms with Crippen LogP contribution in [0.15, 0.2) is 0 Å². The second-order valence-electron chi connectivity index (χ2n) is 5.62. The molecule has 16 heavy (non-hydrogen) atoms. The van der Waals surface area contributed by atoms with Crippen LogP contribution in [-0.4, -0.2) is 36.8 Å². The Morgan fingerprint density at radius 3 is 0.750 bits per heavy atom. The van der Waals surface area contributed by atoms with Gasteiger partial charge in [0.2, 0.25) is 0 Å². The van der Waals surface area contributed by atoms with Gasteiger partial charge in [0.15, 0.2) is 0 Å². The molecule has 0 atom stereocenters. The van der Waals surface area contributed by atoms with Crippen molar-refractivity contribution in [1.29, 1.82) is 0 Å². The van der Waals surface area contributed by atoms with Gasteiger partial charge in [-0.05, 0) is 0 Å². The van der Waals surface area contributed by atoms with Crippen LogP contribution in [0.3, 0.4) is 0 Å². The van der Waals surface area contributed by atoms with Crippen molar-refractivity contribution in [2.24, 2.45) is 0 Å². The SMILES string of the molecule is C[CH2][Sn]([CH2]C)([CH2]C)[CH2][CH2][Sn]([CH2]C)([CH2]C)[CH2]C. The minimum atomic E-state index is -1.59. The van der Waals surface area contributed by atoms with Crippen LogP contribution in [0, 0.1) is 0 Å². The summed E-state index contributed by atoms with van der Waals surface area (Å²) in [5.74, 6) is 0. The first-order valence-electron chi connectivity index (χ1n) is 7.57. The Balaban J connectivity index is 4.48. The van der Waals surface area contributed by atoms with Gasteiger partial charge in [0.25, 0.3) is 0 Å². The molecule has 0 bridgehead atoms. The van der Waals surface area contributed by atoms with Crippen LogP contribution in [-0.2, 0) is 0 Å². The average Bonchev–Trinajstić information content (AvgIpc) is 2.37. The van der Waals surface area contributed by atoms with E-state index >= 15 is 0 Å². The van der Waals surface area contributed by atoms with Gasteiger partial charge in [-0.25, -0.2) is 0 Å². The van der Waals surface area contributed by atoms with E-state index < -0.39 is 36.8 Å². The first-order valence-corrected chi connectivity index (χ1v) is 23.7. The molecule has 0 nitrogen and oxygen atoms in total. The quantitative estimate of drug-likeness (QED) is 0.386.